The summed E-state index contributed by atoms with van der Waals surface area (Å²) in [6, 6.07) is 9.79. The number of aromatic nitrogens is 1. The Hall–Kier alpha value is -1.74. The van der Waals surface area contributed by atoms with Gasteiger partial charge in [0.05, 0.1) is 7.11 Å². The van der Waals surface area contributed by atoms with Crippen molar-refractivity contribution >= 4 is 11.6 Å². The van der Waals surface area contributed by atoms with Gasteiger partial charge in [-0.05, 0) is 42.2 Å². The lowest BCUT2D eigenvalue weighted by Gasteiger charge is -2.12. The number of halogens is 1. The van der Waals surface area contributed by atoms with Gasteiger partial charge < -0.3 is 9.47 Å². The molecule has 1 heterocycles. The average molecular weight is 306 g/mol. The Morgan fingerprint density at radius 1 is 1.00 bits per heavy atom. The number of alkyl halides is 1. The molecule has 0 unspecified atom stereocenters. The molecule has 0 bridgehead atoms. The highest BCUT2D eigenvalue weighted by Crippen LogP contribution is 2.32. The normalized spacial score (nSPS) is 10.5. The summed E-state index contributed by atoms with van der Waals surface area (Å²) in [5, 5.41) is 0. The predicted molar refractivity (Wildman–Crippen MR) is 85.6 cm³/mol. The van der Waals surface area contributed by atoms with Crippen LogP contribution >= 0.6 is 11.6 Å². The summed E-state index contributed by atoms with van der Waals surface area (Å²) in [6.45, 7) is 4.16. The van der Waals surface area contributed by atoms with Crippen molar-refractivity contribution in [2.75, 3.05) is 7.11 Å². The molecular formula is C17H20ClNO2. The first-order valence-corrected chi connectivity index (χ1v) is 7.64. The zero-order valence-corrected chi connectivity index (χ0v) is 13.4. The molecule has 0 aliphatic heterocycles. The van der Waals surface area contributed by atoms with Gasteiger partial charge in [-0.3, -0.25) is 0 Å². The highest BCUT2D eigenvalue weighted by Gasteiger charge is 2.09. The van der Waals surface area contributed by atoms with Gasteiger partial charge in [0.1, 0.15) is 0 Å². The van der Waals surface area contributed by atoms with E-state index in [1.807, 2.05) is 30.3 Å². The van der Waals surface area contributed by atoms with Gasteiger partial charge in [-0.2, -0.15) is 0 Å². The molecule has 21 heavy (non-hydrogen) atoms. The van der Waals surface area contributed by atoms with Gasteiger partial charge in [-0.1, -0.05) is 19.9 Å². The van der Waals surface area contributed by atoms with Crippen LogP contribution in [0.15, 0.2) is 30.3 Å². The topological polar surface area (TPSA) is 31.4 Å². The van der Waals surface area contributed by atoms with Gasteiger partial charge in [0.15, 0.2) is 11.5 Å². The molecular weight excluding hydrogens is 286 g/mol. The maximum atomic E-state index is 5.92. The first kappa shape index (κ1) is 15.6. The number of hydrogen-bond donors (Lipinski definition) is 0. The van der Waals surface area contributed by atoms with Gasteiger partial charge in [0.2, 0.25) is 5.88 Å². The van der Waals surface area contributed by atoms with Crippen LogP contribution in [0.3, 0.4) is 0 Å². The first-order valence-electron chi connectivity index (χ1n) is 7.10. The van der Waals surface area contributed by atoms with Gasteiger partial charge in [0, 0.05) is 17.6 Å². The summed E-state index contributed by atoms with van der Waals surface area (Å²) < 4.78 is 11.3. The van der Waals surface area contributed by atoms with E-state index in [0.29, 0.717) is 23.3 Å². The van der Waals surface area contributed by atoms with E-state index in [1.54, 1.807) is 7.11 Å². The van der Waals surface area contributed by atoms with E-state index < -0.39 is 0 Å². The molecule has 0 radical (unpaired) electrons. The molecule has 0 aliphatic carbocycles. The second-order valence-electron chi connectivity index (χ2n) is 4.73. The maximum absolute atomic E-state index is 5.92. The van der Waals surface area contributed by atoms with Crippen LogP contribution in [-0.4, -0.2) is 12.1 Å². The highest BCUT2D eigenvalue weighted by molar-refractivity contribution is 6.17. The second-order valence-corrected chi connectivity index (χ2v) is 5.00. The number of benzene rings is 1. The predicted octanol–water partition coefficient (Wildman–Crippen LogP) is 4.75. The van der Waals surface area contributed by atoms with Crippen molar-refractivity contribution in [2.45, 2.75) is 32.6 Å². The van der Waals surface area contributed by atoms with E-state index in [4.69, 9.17) is 21.1 Å². The van der Waals surface area contributed by atoms with Crippen LogP contribution in [0, 0.1) is 0 Å². The third kappa shape index (κ3) is 3.88. The number of nitrogens with zero attached hydrogens (tertiary/aromatic N) is 1. The van der Waals surface area contributed by atoms with E-state index in [2.05, 4.69) is 18.8 Å². The fourth-order valence-electron chi connectivity index (χ4n) is 2.06. The summed E-state index contributed by atoms with van der Waals surface area (Å²) in [5.74, 6) is 2.37. The minimum Gasteiger partial charge on any atom is -0.493 e. The van der Waals surface area contributed by atoms with Gasteiger partial charge in [-0.25, -0.2) is 4.98 Å². The van der Waals surface area contributed by atoms with Crippen LogP contribution in [0.5, 0.6) is 17.4 Å². The first-order chi connectivity index (χ1) is 10.2. The highest BCUT2D eigenvalue weighted by atomic mass is 35.5. The van der Waals surface area contributed by atoms with Crippen LogP contribution in [0.1, 0.15) is 30.7 Å². The van der Waals surface area contributed by atoms with E-state index in [-0.39, 0.29) is 0 Å². The number of hydrogen-bond acceptors (Lipinski definition) is 3. The number of aryl methyl sites for hydroxylation is 2. The Kier molecular flexibility index (Phi) is 5.45. The molecule has 0 spiro atoms. The fraction of sp³-hybridized carbons (Fsp3) is 0.353. The molecule has 2 aromatic rings. The lowest BCUT2D eigenvalue weighted by molar-refractivity contribution is 0.373. The SMILES string of the molecule is CCc1ccc(Oc2cc(CCl)cc(CC)n2)c(OC)c1. The van der Waals surface area contributed by atoms with Crippen LogP contribution in [0.25, 0.3) is 0 Å². The van der Waals surface area contributed by atoms with Crippen molar-refractivity contribution in [3.8, 4) is 17.4 Å². The van der Waals surface area contributed by atoms with Crippen molar-refractivity contribution in [3.63, 3.8) is 0 Å². The van der Waals surface area contributed by atoms with Crippen molar-refractivity contribution < 1.29 is 9.47 Å². The second kappa shape index (κ2) is 7.32. The number of pyridine rings is 1. The molecule has 0 N–H and O–H groups in total. The van der Waals surface area contributed by atoms with Crippen LogP contribution in [0.2, 0.25) is 0 Å². The monoisotopic (exact) mass is 305 g/mol. The molecule has 0 aliphatic rings. The number of ether oxygens (including phenoxy) is 2. The zero-order chi connectivity index (χ0) is 15.2. The van der Waals surface area contributed by atoms with Gasteiger partial charge >= 0.3 is 0 Å². The summed E-state index contributed by atoms with van der Waals surface area (Å²) in [6.07, 6.45) is 1.80. The van der Waals surface area contributed by atoms with Crippen molar-refractivity contribution in [2.24, 2.45) is 0 Å². The minimum atomic E-state index is 0.442. The molecule has 1 aromatic carbocycles. The quantitative estimate of drug-likeness (QED) is 0.722. The fourth-order valence-corrected chi connectivity index (χ4v) is 2.21. The van der Waals surface area contributed by atoms with Crippen molar-refractivity contribution in [1.82, 2.24) is 4.98 Å². The Morgan fingerprint density at radius 3 is 2.43 bits per heavy atom. The third-order valence-corrected chi connectivity index (χ3v) is 3.59. The standard InChI is InChI=1S/C17H20ClNO2/c1-4-12-6-7-15(16(9-12)20-3)21-17-10-13(11-18)8-14(5-2)19-17/h6-10H,4-5,11H2,1-3H3. The lowest BCUT2D eigenvalue weighted by Crippen LogP contribution is -1.97. The lowest BCUT2D eigenvalue weighted by atomic mass is 10.1. The Morgan fingerprint density at radius 2 is 1.81 bits per heavy atom. The Bertz CT molecular complexity index is 591. The van der Waals surface area contributed by atoms with Gasteiger partial charge in [-0.15, -0.1) is 11.6 Å². The molecule has 112 valence electrons. The molecule has 0 saturated heterocycles. The van der Waals surface area contributed by atoms with E-state index >= 15 is 0 Å². The van der Waals surface area contributed by atoms with Gasteiger partial charge in [0.25, 0.3) is 0 Å². The molecule has 0 amide bonds. The van der Waals surface area contributed by atoms with Crippen LogP contribution < -0.4 is 9.47 Å². The van der Waals surface area contributed by atoms with Crippen molar-refractivity contribution in [3.05, 3.63) is 47.2 Å². The number of rotatable bonds is 6. The van der Waals surface area contributed by atoms with Crippen LogP contribution in [-0.2, 0) is 18.7 Å². The molecule has 1 aromatic heterocycles. The summed E-state index contributed by atoms with van der Waals surface area (Å²) in [5.41, 5.74) is 3.17. The zero-order valence-electron chi connectivity index (χ0n) is 12.6. The molecule has 0 saturated carbocycles. The molecule has 0 atom stereocenters. The van der Waals surface area contributed by atoms with Crippen molar-refractivity contribution in [1.29, 1.82) is 0 Å². The third-order valence-electron chi connectivity index (χ3n) is 3.28. The molecule has 2 rings (SSSR count). The smallest absolute Gasteiger partial charge is 0.219 e. The summed E-state index contributed by atoms with van der Waals surface area (Å²) in [7, 11) is 1.64. The largest absolute Gasteiger partial charge is 0.493 e. The Labute approximate surface area is 130 Å². The van der Waals surface area contributed by atoms with E-state index in [1.165, 1.54) is 5.56 Å². The maximum Gasteiger partial charge on any atom is 0.219 e. The van der Waals surface area contributed by atoms with E-state index in [0.717, 1.165) is 24.1 Å². The molecule has 4 heteroatoms. The summed E-state index contributed by atoms with van der Waals surface area (Å²) in [4.78, 5) is 4.48. The minimum absolute atomic E-state index is 0.442. The number of methoxy groups -OCH3 is 1. The molecule has 3 nitrogen and oxygen atoms in total. The average Bonchev–Trinajstić information content (AvgIpc) is 2.54. The summed E-state index contributed by atoms with van der Waals surface area (Å²) >= 11 is 5.92. The van der Waals surface area contributed by atoms with Crippen LogP contribution in [0.4, 0.5) is 0 Å². The molecule has 0 fully saturated rings. The Balaban J connectivity index is 2.33. The van der Waals surface area contributed by atoms with E-state index in [9.17, 15) is 0 Å².